The van der Waals surface area contributed by atoms with Gasteiger partial charge in [-0.3, -0.25) is 0 Å². The number of methoxy groups -OCH3 is 2. The molecule has 112 valence electrons. The summed E-state index contributed by atoms with van der Waals surface area (Å²) in [6.07, 6.45) is 4.96. The van der Waals surface area contributed by atoms with Crippen molar-refractivity contribution < 1.29 is 14.2 Å². The molecule has 3 heteroatoms. The van der Waals surface area contributed by atoms with Crippen LogP contribution in [0.2, 0.25) is 0 Å². The van der Waals surface area contributed by atoms with Crippen molar-refractivity contribution in [2.45, 2.75) is 39.1 Å². The summed E-state index contributed by atoms with van der Waals surface area (Å²) in [4.78, 5) is 0. The normalized spacial score (nSPS) is 12.1. The van der Waals surface area contributed by atoms with Gasteiger partial charge < -0.3 is 14.2 Å². The first-order valence-corrected chi connectivity index (χ1v) is 7.15. The number of ether oxygens (including phenoxy) is 3. The molecule has 0 aliphatic rings. The molecule has 0 aromatic heterocycles. The molecule has 0 bridgehead atoms. The molecule has 0 heterocycles. The molecular weight excluding hydrogens is 252 g/mol. The fraction of sp³-hybridized carbons (Fsp3) is 0.529. The highest BCUT2D eigenvalue weighted by atomic mass is 16.7. The lowest BCUT2D eigenvalue weighted by Crippen LogP contribution is -2.12. The SMILES string of the molecule is CC/C(=C\COCc1ccccc1)CCC(OC)OC. The predicted molar refractivity (Wildman–Crippen MR) is 81.5 cm³/mol. The monoisotopic (exact) mass is 278 g/mol. The molecule has 1 aromatic carbocycles. The zero-order chi connectivity index (χ0) is 14.6. The van der Waals surface area contributed by atoms with E-state index in [2.05, 4.69) is 25.1 Å². The third-order valence-corrected chi connectivity index (χ3v) is 3.28. The van der Waals surface area contributed by atoms with Crippen LogP contribution in [0.1, 0.15) is 31.7 Å². The van der Waals surface area contributed by atoms with Crippen LogP contribution in [0.25, 0.3) is 0 Å². The van der Waals surface area contributed by atoms with Gasteiger partial charge in [0.05, 0.1) is 13.2 Å². The lowest BCUT2D eigenvalue weighted by molar-refractivity contribution is -0.105. The molecule has 1 aromatic rings. The molecule has 0 saturated carbocycles. The van der Waals surface area contributed by atoms with Crippen molar-refractivity contribution in [3.8, 4) is 0 Å². The lowest BCUT2D eigenvalue weighted by Gasteiger charge is -2.14. The zero-order valence-electron chi connectivity index (χ0n) is 12.8. The number of rotatable bonds is 10. The molecule has 0 N–H and O–H groups in total. The van der Waals surface area contributed by atoms with E-state index in [0.29, 0.717) is 13.2 Å². The highest BCUT2D eigenvalue weighted by Crippen LogP contribution is 2.13. The van der Waals surface area contributed by atoms with Crippen molar-refractivity contribution in [2.75, 3.05) is 20.8 Å². The van der Waals surface area contributed by atoms with Crippen LogP contribution in [-0.2, 0) is 20.8 Å². The largest absolute Gasteiger partial charge is 0.373 e. The third-order valence-electron chi connectivity index (χ3n) is 3.28. The van der Waals surface area contributed by atoms with Crippen molar-refractivity contribution in [1.82, 2.24) is 0 Å². The molecule has 0 spiro atoms. The van der Waals surface area contributed by atoms with Gasteiger partial charge in [-0.2, -0.15) is 0 Å². The molecule has 0 saturated heterocycles. The fourth-order valence-electron chi connectivity index (χ4n) is 1.99. The Hall–Kier alpha value is -1.16. The summed E-state index contributed by atoms with van der Waals surface area (Å²) in [7, 11) is 3.35. The fourth-order valence-corrected chi connectivity index (χ4v) is 1.99. The second kappa shape index (κ2) is 10.6. The van der Waals surface area contributed by atoms with Gasteiger partial charge in [0.25, 0.3) is 0 Å². The van der Waals surface area contributed by atoms with Crippen molar-refractivity contribution in [3.63, 3.8) is 0 Å². The quantitative estimate of drug-likeness (QED) is 0.368. The Labute approximate surface area is 122 Å². The molecule has 0 radical (unpaired) electrons. The predicted octanol–water partition coefficient (Wildman–Crippen LogP) is 3.94. The van der Waals surface area contributed by atoms with E-state index in [1.807, 2.05) is 18.2 Å². The van der Waals surface area contributed by atoms with Crippen molar-refractivity contribution >= 4 is 0 Å². The molecule has 0 atom stereocenters. The summed E-state index contributed by atoms with van der Waals surface area (Å²) in [5.74, 6) is 0. The van der Waals surface area contributed by atoms with Crippen LogP contribution in [0.3, 0.4) is 0 Å². The van der Waals surface area contributed by atoms with Gasteiger partial charge in [0.15, 0.2) is 6.29 Å². The molecular formula is C17H26O3. The first-order valence-electron chi connectivity index (χ1n) is 7.15. The van der Waals surface area contributed by atoms with Gasteiger partial charge in [0.1, 0.15) is 0 Å². The summed E-state index contributed by atoms with van der Waals surface area (Å²) in [6.45, 7) is 3.48. The van der Waals surface area contributed by atoms with Gasteiger partial charge in [-0.25, -0.2) is 0 Å². The highest BCUT2D eigenvalue weighted by molar-refractivity contribution is 5.13. The summed E-state index contributed by atoms with van der Waals surface area (Å²) in [6, 6.07) is 10.2. The standard InChI is InChI=1S/C17H26O3/c1-4-15(10-11-17(18-2)19-3)12-13-20-14-16-8-6-5-7-9-16/h5-9,12,17H,4,10-11,13-14H2,1-3H3/b15-12+. The summed E-state index contributed by atoms with van der Waals surface area (Å²) in [5.41, 5.74) is 2.59. The topological polar surface area (TPSA) is 27.7 Å². The first kappa shape index (κ1) is 16.9. The van der Waals surface area contributed by atoms with Crippen molar-refractivity contribution in [3.05, 3.63) is 47.5 Å². The van der Waals surface area contributed by atoms with E-state index in [-0.39, 0.29) is 6.29 Å². The van der Waals surface area contributed by atoms with Gasteiger partial charge in [-0.05, 0) is 18.4 Å². The Balaban J connectivity index is 2.27. The van der Waals surface area contributed by atoms with Gasteiger partial charge in [-0.15, -0.1) is 0 Å². The Kier molecular flexibility index (Phi) is 8.96. The maximum atomic E-state index is 5.67. The Morgan fingerprint density at radius 3 is 2.45 bits per heavy atom. The van der Waals surface area contributed by atoms with Crippen molar-refractivity contribution in [2.24, 2.45) is 0 Å². The molecule has 1 rings (SSSR count). The van der Waals surface area contributed by atoms with E-state index in [4.69, 9.17) is 14.2 Å². The van der Waals surface area contributed by atoms with Crippen LogP contribution in [0.15, 0.2) is 42.0 Å². The summed E-state index contributed by atoms with van der Waals surface area (Å²) in [5, 5.41) is 0. The minimum Gasteiger partial charge on any atom is -0.373 e. The summed E-state index contributed by atoms with van der Waals surface area (Å²) < 4.78 is 16.1. The van der Waals surface area contributed by atoms with Gasteiger partial charge in [-0.1, -0.05) is 48.9 Å². The number of hydrogen-bond donors (Lipinski definition) is 0. The van der Waals surface area contributed by atoms with E-state index in [1.165, 1.54) is 11.1 Å². The van der Waals surface area contributed by atoms with E-state index in [9.17, 15) is 0 Å². The number of allylic oxidation sites excluding steroid dienone is 1. The molecule has 0 aliphatic heterocycles. The van der Waals surface area contributed by atoms with Crippen molar-refractivity contribution in [1.29, 1.82) is 0 Å². The van der Waals surface area contributed by atoms with Crippen LogP contribution in [0.4, 0.5) is 0 Å². The van der Waals surface area contributed by atoms with Crippen LogP contribution in [0.5, 0.6) is 0 Å². The maximum Gasteiger partial charge on any atom is 0.157 e. The van der Waals surface area contributed by atoms with Gasteiger partial charge in [0, 0.05) is 20.6 Å². The van der Waals surface area contributed by atoms with Gasteiger partial charge >= 0.3 is 0 Å². The van der Waals surface area contributed by atoms with Crippen LogP contribution in [-0.4, -0.2) is 27.1 Å². The van der Waals surface area contributed by atoms with Crippen LogP contribution in [0, 0.1) is 0 Å². The van der Waals surface area contributed by atoms with E-state index in [0.717, 1.165) is 19.3 Å². The average molecular weight is 278 g/mol. The maximum absolute atomic E-state index is 5.67. The number of benzene rings is 1. The Bertz CT molecular complexity index is 369. The second-order valence-electron chi connectivity index (χ2n) is 4.66. The molecule has 0 fully saturated rings. The summed E-state index contributed by atoms with van der Waals surface area (Å²) >= 11 is 0. The van der Waals surface area contributed by atoms with E-state index < -0.39 is 0 Å². The minimum absolute atomic E-state index is 0.116. The molecule has 0 amide bonds. The van der Waals surface area contributed by atoms with Crippen LogP contribution < -0.4 is 0 Å². The van der Waals surface area contributed by atoms with E-state index >= 15 is 0 Å². The smallest absolute Gasteiger partial charge is 0.157 e. The van der Waals surface area contributed by atoms with E-state index in [1.54, 1.807) is 14.2 Å². The molecule has 3 nitrogen and oxygen atoms in total. The molecule has 0 aliphatic carbocycles. The van der Waals surface area contributed by atoms with Gasteiger partial charge in [0.2, 0.25) is 0 Å². The molecule has 0 unspecified atom stereocenters. The Morgan fingerprint density at radius 2 is 1.85 bits per heavy atom. The molecule has 20 heavy (non-hydrogen) atoms. The average Bonchev–Trinajstić information content (AvgIpc) is 2.51. The lowest BCUT2D eigenvalue weighted by atomic mass is 10.1. The highest BCUT2D eigenvalue weighted by Gasteiger charge is 2.05. The second-order valence-corrected chi connectivity index (χ2v) is 4.66. The Morgan fingerprint density at radius 1 is 1.15 bits per heavy atom. The number of hydrogen-bond acceptors (Lipinski definition) is 3. The minimum atomic E-state index is -0.116. The zero-order valence-corrected chi connectivity index (χ0v) is 12.8. The first-order chi connectivity index (χ1) is 9.80. The third kappa shape index (κ3) is 6.85. The van der Waals surface area contributed by atoms with Crippen LogP contribution >= 0.6 is 0 Å².